The third kappa shape index (κ3) is 3.64. The summed E-state index contributed by atoms with van der Waals surface area (Å²) in [5, 5.41) is 15.9. The molecule has 0 radical (unpaired) electrons. The summed E-state index contributed by atoms with van der Waals surface area (Å²) in [5.74, 6) is 1.39. The third-order valence-electron chi connectivity index (χ3n) is 5.46. The molecule has 1 aliphatic rings. The largest absolute Gasteiger partial charge is 0.497 e. The molecule has 0 saturated carbocycles. The predicted octanol–water partition coefficient (Wildman–Crippen LogP) is 4.28. The number of ether oxygens (including phenoxy) is 1. The standard InChI is InChI=1S/C23H19BrN6O2/c1-13-21-18(14-5-3-7-16(24)9-14)11-20(31)27-22(21)30(29-13)23-26-19(12-25-28-23)15-6-4-8-17(10-15)32-2/h3-10,12,18H,11H2,1-2H3,(H,27,31)/t18-/m0/s1. The summed E-state index contributed by atoms with van der Waals surface area (Å²) in [6.45, 7) is 1.93. The highest BCUT2D eigenvalue weighted by Gasteiger charge is 2.33. The number of carbonyl (C=O) groups is 1. The molecule has 0 unspecified atom stereocenters. The van der Waals surface area contributed by atoms with E-state index in [1.807, 2.05) is 55.5 Å². The van der Waals surface area contributed by atoms with Gasteiger partial charge in [-0.2, -0.15) is 14.9 Å². The number of nitrogens with zero attached hydrogens (tertiary/aromatic N) is 5. The molecule has 0 saturated heterocycles. The minimum absolute atomic E-state index is 0.0828. The van der Waals surface area contributed by atoms with Gasteiger partial charge in [0.1, 0.15) is 11.6 Å². The van der Waals surface area contributed by atoms with Gasteiger partial charge in [0.25, 0.3) is 5.95 Å². The molecule has 0 aliphatic carbocycles. The molecule has 3 heterocycles. The summed E-state index contributed by atoms with van der Waals surface area (Å²) in [5.41, 5.74) is 4.27. The zero-order valence-corrected chi connectivity index (χ0v) is 19.0. The fraction of sp³-hybridized carbons (Fsp3) is 0.174. The molecule has 0 spiro atoms. The molecule has 1 atom stereocenters. The van der Waals surface area contributed by atoms with Crippen LogP contribution in [0.3, 0.4) is 0 Å². The first-order valence-corrected chi connectivity index (χ1v) is 10.8. The van der Waals surface area contributed by atoms with Crippen LogP contribution in [-0.2, 0) is 4.79 Å². The molecule has 0 bridgehead atoms. The maximum absolute atomic E-state index is 12.6. The van der Waals surface area contributed by atoms with Crippen LogP contribution in [0.2, 0.25) is 0 Å². The summed E-state index contributed by atoms with van der Waals surface area (Å²) in [6, 6.07) is 15.5. The molecular weight excluding hydrogens is 472 g/mol. The molecule has 0 fully saturated rings. The first-order chi connectivity index (χ1) is 15.5. The van der Waals surface area contributed by atoms with Gasteiger partial charge >= 0.3 is 0 Å². The number of carbonyl (C=O) groups excluding carboxylic acids is 1. The summed E-state index contributed by atoms with van der Waals surface area (Å²) in [6.07, 6.45) is 1.93. The van der Waals surface area contributed by atoms with Crippen LogP contribution in [0.1, 0.15) is 29.2 Å². The minimum atomic E-state index is -0.112. The van der Waals surface area contributed by atoms with Gasteiger partial charge in [0.05, 0.1) is 24.7 Å². The zero-order chi connectivity index (χ0) is 22.2. The molecule has 1 amide bonds. The summed E-state index contributed by atoms with van der Waals surface area (Å²) >= 11 is 3.53. The lowest BCUT2D eigenvalue weighted by atomic mass is 9.86. The Balaban J connectivity index is 1.61. The van der Waals surface area contributed by atoms with Crippen LogP contribution in [0.5, 0.6) is 5.75 Å². The Morgan fingerprint density at radius 1 is 1.19 bits per heavy atom. The third-order valence-corrected chi connectivity index (χ3v) is 5.95. The Hall–Kier alpha value is -3.59. The SMILES string of the molecule is COc1cccc(-c2cnnc(-n3nc(C)c4c3NC(=O)C[C@H]4c3cccc(Br)c3)n2)c1. The number of rotatable bonds is 4. The van der Waals surface area contributed by atoms with E-state index in [9.17, 15) is 4.79 Å². The van der Waals surface area contributed by atoms with E-state index in [2.05, 4.69) is 41.5 Å². The van der Waals surface area contributed by atoms with Gasteiger partial charge in [0, 0.05) is 27.9 Å². The van der Waals surface area contributed by atoms with Gasteiger partial charge in [-0.1, -0.05) is 40.2 Å². The topological polar surface area (TPSA) is 94.8 Å². The summed E-state index contributed by atoms with van der Waals surface area (Å²) in [7, 11) is 1.62. The Morgan fingerprint density at radius 2 is 2.03 bits per heavy atom. The highest BCUT2D eigenvalue weighted by Crippen LogP contribution is 2.40. The number of fused-ring (bicyclic) bond motifs is 1. The molecule has 1 aliphatic heterocycles. The summed E-state index contributed by atoms with van der Waals surface area (Å²) < 4.78 is 7.83. The van der Waals surface area contributed by atoms with E-state index >= 15 is 0 Å². The van der Waals surface area contributed by atoms with Crippen molar-refractivity contribution in [3.8, 4) is 23.0 Å². The highest BCUT2D eigenvalue weighted by atomic mass is 79.9. The maximum atomic E-state index is 12.6. The van der Waals surface area contributed by atoms with Crippen molar-refractivity contribution in [2.24, 2.45) is 0 Å². The second-order valence-corrected chi connectivity index (χ2v) is 8.41. The van der Waals surface area contributed by atoms with E-state index in [1.165, 1.54) is 0 Å². The lowest BCUT2D eigenvalue weighted by molar-refractivity contribution is -0.116. The molecule has 2 aromatic heterocycles. The van der Waals surface area contributed by atoms with E-state index in [0.29, 0.717) is 17.9 Å². The van der Waals surface area contributed by atoms with Gasteiger partial charge in [-0.05, 0) is 36.8 Å². The van der Waals surface area contributed by atoms with Crippen LogP contribution < -0.4 is 10.1 Å². The summed E-state index contributed by atoms with van der Waals surface area (Å²) in [4.78, 5) is 17.3. The molecular formula is C23H19BrN6O2. The molecule has 9 heteroatoms. The van der Waals surface area contributed by atoms with E-state index in [4.69, 9.17) is 4.74 Å². The van der Waals surface area contributed by atoms with Crippen molar-refractivity contribution in [2.75, 3.05) is 12.4 Å². The van der Waals surface area contributed by atoms with E-state index in [1.54, 1.807) is 18.0 Å². The van der Waals surface area contributed by atoms with Crippen molar-refractivity contribution >= 4 is 27.7 Å². The number of aromatic nitrogens is 5. The van der Waals surface area contributed by atoms with Crippen LogP contribution in [-0.4, -0.2) is 38.0 Å². The zero-order valence-electron chi connectivity index (χ0n) is 17.4. The van der Waals surface area contributed by atoms with Crippen LogP contribution in [0.25, 0.3) is 17.2 Å². The Bertz CT molecular complexity index is 1340. The second kappa shape index (κ2) is 8.16. The first-order valence-electron chi connectivity index (χ1n) is 10.0. The Morgan fingerprint density at radius 3 is 2.84 bits per heavy atom. The molecule has 2 aromatic carbocycles. The van der Waals surface area contributed by atoms with Crippen LogP contribution >= 0.6 is 15.9 Å². The van der Waals surface area contributed by atoms with Crippen molar-refractivity contribution < 1.29 is 9.53 Å². The Kier molecular flexibility index (Phi) is 5.18. The molecule has 32 heavy (non-hydrogen) atoms. The van der Waals surface area contributed by atoms with Gasteiger partial charge < -0.3 is 10.1 Å². The van der Waals surface area contributed by atoms with Crippen molar-refractivity contribution in [1.82, 2.24) is 25.0 Å². The lowest BCUT2D eigenvalue weighted by Gasteiger charge is -2.24. The number of amides is 1. The number of aryl methyl sites for hydroxylation is 1. The Labute approximate surface area is 192 Å². The number of halogens is 1. The van der Waals surface area contributed by atoms with E-state index in [0.717, 1.165) is 32.6 Å². The molecule has 1 N–H and O–H groups in total. The number of benzene rings is 2. The number of anilines is 1. The van der Waals surface area contributed by atoms with Crippen LogP contribution in [0.15, 0.2) is 59.2 Å². The average molecular weight is 491 g/mol. The average Bonchev–Trinajstić information content (AvgIpc) is 3.14. The van der Waals surface area contributed by atoms with Gasteiger partial charge in [-0.3, -0.25) is 4.79 Å². The van der Waals surface area contributed by atoms with Gasteiger partial charge in [0.15, 0.2) is 0 Å². The van der Waals surface area contributed by atoms with Crippen molar-refractivity contribution in [2.45, 2.75) is 19.3 Å². The molecule has 160 valence electrons. The fourth-order valence-electron chi connectivity index (χ4n) is 4.01. The molecule has 4 aromatic rings. The van der Waals surface area contributed by atoms with E-state index < -0.39 is 0 Å². The monoisotopic (exact) mass is 490 g/mol. The second-order valence-electron chi connectivity index (χ2n) is 7.49. The normalized spacial score (nSPS) is 15.2. The van der Waals surface area contributed by atoms with Crippen molar-refractivity contribution in [3.63, 3.8) is 0 Å². The number of hydrogen-bond acceptors (Lipinski definition) is 6. The fourth-order valence-corrected chi connectivity index (χ4v) is 4.42. The van der Waals surface area contributed by atoms with Gasteiger partial charge in [-0.15, -0.1) is 5.10 Å². The van der Waals surface area contributed by atoms with Crippen molar-refractivity contribution in [1.29, 1.82) is 0 Å². The van der Waals surface area contributed by atoms with Crippen molar-refractivity contribution in [3.05, 3.63) is 76.0 Å². The highest BCUT2D eigenvalue weighted by molar-refractivity contribution is 9.10. The minimum Gasteiger partial charge on any atom is -0.497 e. The number of hydrogen-bond donors (Lipinski definition) is 1. The van der Waals surface area contributed by atoms with Gasteiger partial charge in [-0.25, -0.2) is 4.98 Å². The quantitative estimate of drug-likeness (QED) is 0.458. The van der Waals surface area contributed by atoms with Crippen LogP contribution in [0.4, 0.5) is 5.82 Å². The van der Waals surface area contributed by atoms with E-state index in [-0.39, 0.29) is 17.8 Å². The first kappa shape index (κ1) is 20.3. The number of nitrogens with one attached hydrogen (secondary N) is 1. The maximum Gasteiger partial charge on any atom is 0.272 e. The van der Waals surface area contributed by atoms with Crippen LogP contribution in [0, 0.1) is 6.92 Å². The van der Waals surface area contributed by atoms with Gasteiger partial charge in [0.2, 0.25) is 5.91 Å². The lowest BCUT2D eigenvalue weighted by Crippen LogP contribution is -2.25. The smallest absolute Gasteiger partial charge is 0.272 e. The molecule has 5 rings (SSSR count). The number of methoxy groups -OCH3 is 1. The molecule has 8 nitrogen and oxygen atoms in total. The predicted molar refractivity (Wildman–Crippen MR) is 123 cm³/mol.